The number of rotatable bonds is 8. The van der Waals surface area contributed by atoms with Gasteiger partial charge in [0.1, 0.15) is 11.6 Å². The summed E-state index contributed by atoms with van der Waals surface area (Å²) < 4.78 is 0. The SMILES string of the molecule is N#C/C(=C/N(CCO)CCO)C(=O)NCc1ccccc1. The summed E-state index contributed by atoms with van der Waals surface area (Å²) in [6.45, 7) is 0.579. The Balaban J connectivity index is 2.65. The maximum Gasteiger partial charge on any atom is 0.263 e. The lowest BCUT2D eigenvalue weighted by molar-refractivity contribution is -0.117. The van der Waals surface area contributed by atoms with E-state index in [4.69, 9.17) is 15.5 Å². The topological polar surface area (TPSA) is 96.6 Å². The van der Waals surface area contributed by atoms with Gasteiger partial charge < -0.3 is 20.4 Å². The first-order valence-electron chi connectivity index (χ1n) is 6.61. The lowest BCUT2D eigenvalue weighted by atomic mass is 10.2. The second-order valence-electron chi connectivity index (χ2n) is 4.31. The van der Waals surface area contributed by atoms with Crippen LogP contribution in [0.15, 0.2) is 42.1 Å². The van der Waals surface area contributed by atoms with Crippen molar-refractivity contribution in [1.29, 1.82) is 5.26 Å². The van der Waals surface area contributed by atoms with E-state index in [2.05, 4.69) is 5.32 Å². The second kappa shape index (κ2) is 9.53. The van der Waals surface area contributed by atoms with Gasteiger partial charge >= 0.3 is 0 Å². The highest BCUT2D eigenvalue weighted by molar-refractivity contribution is 5.97. The summed E-state index contributed by atoms with van der Waals surface area (Å²) in [6, 6.07) is 11.2. The van der Waals surface area contributed by atoms with Gasteiger partial charge in [0.2, 0.25) is 0 Å². The van der Waals surface area contributed by atoms with Crippen molar-refractivity contribution in [2.45, 2.75) is 6.54 Å². The van der Waals surface area contributed by atoms with Gasteiger partial charge in [-0.25, -0.2) is 0 Å². The lowest BCUT2D eigenvalue weighted by Gasteiger charge is -2.18. The van der Waals surface area contributed by atoms with Crippen molar-refractivity contribution < 1.29 is 15.0 Å². The van der Waals surface area contributed by atoms with Gasteiger partial charge in [-0.2, -0.15) is 5.26 Å². The van der Waals surface area contributed by atoms with Gasteiger partial charge in [0.15, 0.2) is 0 Å². The highest BCUT2D eigenvalue weighted by Crippen LogP contribution is 2.01. The van der Waals surface area contributed by atoms with Crippen LogP contribution in [-0.4, -0.2) is 47.3 Å². The largest absolute Gasteiger partial charge is 0.395 e. The molecule has 0 aliphatic heterocycles. The highest BCUT2D eigenvalue weighted by Gasteiger charge is 2.10. The third-order valence-electron chi connectivity index (χ3n) is 2.75. The van der Waals surface area contributed by atoms with Crippen molar-refractivity contribution >= 4 is 5.91 Å². The summed E-state index contributed by atoms with van der Waals surface area (Å²) in [7, 11) is 0. The second-order valence-corrected chi connectivity index (χ2v) is 4.31. The molecule has 3 N–H and O–H groups in total. The molecule has 0 aliphatic carbocycles. The molecule has 0 spiro atoms. The first-order valence-corrected chi connectivity index (χ1v) is 6.61. The molecule has 1 amide bonds. The Morgan fingerprint density at radius 3 is 2.38 bits per heavy atom. The average molecular weight is 289 g/mol. The fourth-order valence-corrected chi connectivity index (χ4v) is 1.69. The summed E-state index contributed by atoms with van der Waals surface area (Å²) in [5, 5.41) is 29.5. The molecule has 0 fully saturated rings. The molecule has 0 saturated heterocycles. The molecule has 0 heterocycles. The zero-order valence-electron chi connectivity index (χ0n) is 11.7. The molecular formula is C15H19N3O3. The standard InChI is InChI=1S/C15H19N3O3/c16-10-14(12-18(6-8-19)7-9-20)15(21)17-11-13-4-2-1-3-5-13/h1-5,12,19-20H,6-9,11H2,(H,17,21)/b14-12-. The number of amides is 1. The molecule has 1 aromatic carbocycles. The first kappa shape index (κ1) is 16.7. The molecule has 6 nitrogen and oxygen atoms in total. The molecule has 112 valence electrons. The summed E-state index contributed by atoms with van der Waals surface area (Å²) in [5.74, 6) is -0.484. The molecule has 1 aromatic rings. The maximum atomic E-state index is 11.9. The Morgan fingerprint density at radius 2 is 1.86 bits per heavy atom. The smallest absolute Gasteiger partial charge is 0.263 e. The van der Waals surface area contributed by atoms with E-state index >= 15 is 0 Å². The number of hydrogen-bond acceptors (Lipinski definition) is 5. The summed E-state index contributed by atoms with van der Waals surface area (Å²) in [6.07, 6.45) is 1.35. The number of carbonyl (C=O) groups excluding carboxylic acids is 1. The quantitative estimate of drug-likeness (QED) is 0.462. The van der Waals surface area contributed by atoms with Crippen LogP contribution in [0.25, 0.3) is 0 Å². The molecule has 0 aliphatic rings. The average Bonchev–Trinajstić information content (AvgIpc) is 2.51. The van der Waals surface area contributed by atoms with Crippen molar-refractivity contribution in [3.05, 3.63) is 47.7 Å². The van der Waals surface area contributed by atoms with Crippen LogP contribution in [-0.2, 0) is 11.3 Å². The van der Waals surface area contributed by atoms with Gasteiger partial charge in [0.05, 0.1) is 13.2 Å². The predicted molar refractivity (Wildman–Crippen MR) is 77.7 cm³/mol. The third-order valence-corrected chi connectivity index (χ3v) is 2.75. The molecule has 0 atom stereocenters. The molecule has 6 heteroatoms. The van der Waals surface area contributed by atoms with E-state index in [1.807, 2.05) is 36.4 Å². The number of nitrogens with zero attached hydrogens (tertiary/aromatic N) is 2. The molecule has 0 unspecified atom stereocenters. The predicted octanol–water partition coefficient (Wildman–Crippen LogP) is -0.00312. The van der Waals surface area contributed by atoms with Gasteiger partial charge in [-0.05, 0) is 5.56 Å². The van der Waals surface area contributed by atoms with Crippen molar-refractivity contribution in [2.75, 3.05) is 26.3 Å². The van der Waals surface area contributed by atoms with Crippen molar-refractivity contribution in [2.24, 2.45) is 0 Å². The molecule has 1 rings (SSSR count). The number of hydrogen-bond donors (Lipinski definition) is 3. The van der Waals surface area contributed by atoms with Gasteiger partial charge in [0.25, 0.3) is 5.91 Å². The summed E-state index contributed by atoms with van der Waals surface area (Å²) >= 11 is 0. The number of aliphatic hydroxyl groups excluding tert-OH is 2. The van der Waals surface area contributed by atoms with E-state index in [0.29, 0.717) is 6.54 Å². The van der Waals surface area contributed by atoms with E-state index in [1.165, 1.54) is 11.1 Å². The minimum atomic E-state index is -0.484. The first-order chi connectivity index (χ1) is 10.2. The van der Waals surface area contributed by atoms with Crippen LogP contribution in [0.1, 0.15) is 5.56 Å². The van der Waals surface area contributed by atoms with Crippen LogP contribution < -0.4 is 5.32 Å². The van der Waals surface area contributed by atoms with Gasteiger partial charge in [-0.15, -0.1) is 0 Å². The molecular weight excluding hydrogens is 270 g/mol. The van der Waals surface area contributed by atoms with Crippen LogP contribution in [0, 0.1) is 11.3 Å². The van der Waals surface area contributed by atoms with Crippen LogP contribution in [0.5, 0.6) is 0 Å². The van der Waals surface area contributed by atoms with Crippen LogP contribution in [0.4, 0.5) is 0 Å². The van der Waals surface area contributed by atoms with E-state index in [-0.39, 0.29) is 31.9 Å². The molecule has 21 heavy (non-hydrogen) atoms. The van der Waals surface area contributed by atoms with E-state index in [9.17, 15) is 4.79 Å². The fourth-order valence-electron chi connectivity index (χ4n) is 1.69. The van der Waals surface area contributed by atoms with Crippen LogP contribution in [0.3, 0.4) is 0 Å². The number of carbonyl (C=O) groups is 1. The maximum absolute atomic E-state index is 11.9. The number of benzene rings is 1. The summed E-state index contributed by atoms with van der Waals surface area (Å²) in [5.41, 5.74) is 0.874. The normalized spacial score (nSPS) is 10.8. The monoisotopic (exact) mass is 289 g/mol. The van der Waals surface area contributed by atoms with Crippen LogP contribution >= 0.6 is 0 Å². The summed E-state index contributed by atoms with van der Waals surface area (Å²) in [4.78, 5) is 13.5. The molecule has 0 radical (unpaired) electrons. The van der Waals surface area contributed by atoms with Crippen molar-refractivity contribution in [1.82, 2.24) is 10.2 Å². The van der Waals surface area contributed by atoms with E-state index < -0.39 is 5.91 Å². The highest BCUT2D eigenvalue weighted by atomic mass is 16.3. The lowest BCUT2D eigenvalue weighted by Crippen LogP contribution is -2.29. The Kier molecular flexibility index (Phi) is 7.58. The third kappa shape index (κ3) is 6.08. The Morgan fingerprint density at radius 1 is 1.24 bits per heavy atom. The van der Waals surface area contributed by atoms with Gasteiger partial charge in [-0.1, -0.05) is 30.3 Å². The fraction of sp³-hybridized carbons (Fsp3) is 0.333. The minimum absolute atomic E-state index is 0.0622. The molecule has 0 saturated carbocycles. The molecule has 0 aromatic heterocycles. The van der Waals surface area contributed by atoms with Gasteiger partial charge in [0, 0.05) is 25.8 Å². The minimum Gasteiger partial charge on any atom is -0.395 e. The molecule has 0 bridgehead atoms. The number of nitrogens with one attached hydrogen (secondary N) is 1. The Hall–Kier alpha value is -2.36. The zero-order valence-corrected chi connectivity index (χ0v) is 11.7. The zero-order chi connectivity index (χ0) is 15.5. The van der Waals surface area contributed by atoms with E-state index in [0.717, 1.165) is 5.56 Å². The van der Waals surface area contributed by atoms with Crippen molar-refractivity contribution in [3.8, 4) is 6.07 Å². The van der Waals surface area contributed by atoms with Crippen molar-refractivity contribution in [3.63, 3.8) is 0 Å². The van der Waals surface area contributed by atoms with Gasteiger partial charge in [-0.3, -0.25) is 4.79 Å². The Bertz CT molecular complexity index is 503. The van der Waals surface area contributed by atoms with E-state index in [1.54, 1.807) is 0 Å². The number of nitriles is 1. The van der Waals surface area contributed by atoms with Crippen LogP contribution in [0.2, 0.25) is 0 Å². The Labute approximate surface area is 123 Å². The number of aliphatic hydroxyl groups is 2.